The van der Waals surface area contributed by atoms with Crippen molar-refractivity contribution in [3.05, 3.63) is 47.7 Å². The van der Waals surface area contributed by atoms with Crippen LogP contribution in [0.5, 0.6) is 0 Å². The fourth-order valence-corrected chi connectivity index (χ4v) is 5.10. The lowest BCUT2D eigenvalue weighted by atomic mass is 10.1. The van der Waals surface area contributed by atoms with Gasteiger partial charge in [0.15, 0.2) is 0 Å². The summed E-state index contributed by atoms with van der Waals surface area (Å²) in [6.45, 7) is 19.6. The van der Waals surface area contributed by atoms with Gasteiger partial charge < -0.3 is 24.4 Å². The van der Waals surface area contributed by atoms with Crippen LogP contribution in [-0.4, -0.2) is 88.1 Å². The smallest absolute Gasteiger partial charge is 0.416 e. The molecule has 3 atom stereocenters. The van der Waals surface area contributed by atoms with Crippen molar-refractivity contribution in [2.45, 2.75) is 91.3 Å². The summed E-state index contributed by atoms with van der Waals surface area (Å²) < 4.78 is 17.0. The van der Waals surface area contributed by atoms with E-state index in [0.717, 1.165) is 25.2 Å². The van der Waals surface area contributed by atoms with Gasteiger partial charge in [-0.2, -0.15) is 4.98 Å². The number of amides is 2. The molecule has 3 heterocycles. The van der Waals surface area contributed by atoms with Gasteiger partial charge >= 0.3 is 12.2 Å². The molecule has 11 nitrogen and oxygen atoms in total. The van der Waals surface area contributed by atoms with Gasteiger partial charge in [0.05, 0.1) is 17.7 Å². The molecule has 2 amide bonds. The Bertz CT molecular complexity index is 1220. The molecule has 0 aliphatic carbocycles. The quantitative estimate of drug-likeness (QED) is 0.447. The minimum Gasteiger partial charge on any atom is -0.447 e. The molecule has 2 aliphatic rings. The highest BCUT2D eigenvalue weighted by molar-refractivity contribution is 5.89. The van der Waals surface area contributed by atoms with Gasteiger partial charge in [0, 0.05) is 38.9 Å². The largest absolute Gasteiger partial charge is 0.447 e. The molecule has 0 unspecified atom stereocenters. The maximum Gasteiger partial charge on any atom is 0.416 e. The number of nitrogens with zero attached hydrogens (tertiary/aromatic N) is 5. The van der Waals surface area contributed by atoms with Gasteiger partial charge in [-0.3, -0.25) is 9.80 Å². The Balaban J connectivity index is 1.32. The monoisotopic (exact) mass is 582 g/mol. The molecule has 230 valence electrons. The van der Waals surface area contributed by atoms with Crippen LogP contribution in [0.25, 0.3) is 0 Å². The standard InChI is InChI=1S/C31H46N6O5/c1-21(24-11-9-23(10-12-24)19-35-15-17-36(18-16-35)28(38)42-31(6,7)8)33-27-32-14-13-26(34-27)37-25(20-40-29(37)39)22(2)41-30(3,4)5/h9-14,21-22,25H,15-20H2,1-8H3,(H,32,33,34)/t21-,22+,25+/m0/s1. The SMILES string of the molecule is C[C@H](Nc1nccc(N2C(=O)OC[C@@H]2[C@@H](C)OC(C)(C)C)n1)c1ccc(CN2CCN(C(=O)OC(C)(C)C)CC2)cc1. The van der Waals surface area contributed by atoms with E-state index in [1.165, 1.54) is 5.56 Å². The molecule has 0 saturated carbocycles. The van der Waals surface area contributed by atoms with E-state index in [4.69, 9.17) is 14.2 Å². The maximum atomic E-state index is 12.6. The van der Waals surface area contributed by atoms with E-state index in [2.05, 4.69) is 44.5 Å². The highest BCUT2D eigenvalue weighted by Crippen LogP contribution is 2.27. The highest BCUT2D eigenvalue weighted by atomic mass is 16.6. The number of cyclic esters (lactones) is 1. The van der Waals surface area contributed by atoms with Crippen LogP contribution >= 0.6 is 0 Å². The van der Waals surface area contributed by atoms with Gasteiger partial charge in [-0.15, -0.1) is 0 Å². The molecule has 1 aromatic heterocycles. The van der Waals surface area contributed by atoms with Crippen LogP contribution in [-0.2, 0) is 20.8 Å². The number of rotatable bonds is 8. The number of ether oxygens (including phenoxy) is 3. The van der Waals surface area contributed by atoms with E-state index in [1.54, 1.807) is 22.1 Å². The molecule has 0 radical (unpaired) electrons. The van der Waals surface area contributed by atoms with Crippen LogP contribution in [0.4, 0.5) is 21.4 Å². The summed E-state index contributed by atoms with van der Waals surface area (Å²) in [5.74, 6) is 0.897. The molecular formula is C31H46N6O5. The summed E-state index contributed by atoms with van der Waals surface area (Å²) in [5, 5.41) is 3.36. The average molecular weight is 583 g/mol. The fourth-order valence-electron chi connectivity index (χ4n) is 5.10. The van der Waals surface area contributed by atoms with E-state index in [0.29, 0.717) is 24.9 Å². The van der Waals surface area contributed by atoms with Gasteiger partial charge in [0.1, 0.15) is 24.1 Å². The highest BCUT2D eigenvalue weighted by Gasteiger charge is 2.40. The number of hydrogen-bond acceptors (Lipinski definition) is 9. The molecule has 2 aromatic rings. The molecule has 2 aliphatic heterocycles. The van der Waals surface area contributed by atoms with Crippen LogP contribution in [0.15, 0.2) is 36.5 Å². The molecule has 4 rings (SSSR count). The Morgan fingerprint density at radius 2 is 1.69 bits per heavy atom. The number of aromatic nitrogens is 2. The van der Waals surface area contributed by atoms with Gasteiger partial charge in [-0.05, 0) is 72.6 Å². The lowest BCUT2D eigenvalue weighted by molar-refractivity contribution is -0.0618. The maximum absolute atomic E-state index is 12.6. The molecule has 2 fully saturated rings. The molecule has 1 aromatic carbocycles. The lowest BCUT2D eigenvalue weighted by Gasteiger charge is -2.35. The van der Waals surface area contributed by atoms with E-state index in [9.17, 15) is 9.59 Å². The zero-order valence-electron chi connectivity index (χ0n) is 26.2. The van der Waals surface area contributed by atoms with Crippen molar-refractivity contribution in [3.8, 4) is 0 Å². The first kappa shape index (κ1) is 31.5. The molecule has 1 N–H and O–H groups in total. The second-order valence-electron chi connectivity index (χ2n) is 13.0. The van der Waals surface area contributed by atoms with Gasteiger partial charge in [-0.25, -0.2) is 14.6 Å². The first-order valence-electron chi connectivity index (χ1n) is 14.7. The molecule has 42 heavy (non-hydrogen) atoms. The van der Waals surface area contributed by atoms with Crippen molar-refractivity contribution in [3.63, 3.8) is 0 Å². The van der Waals surface area contributed by atoms with E-state index in [1.807, 2.05) is 55.4 Å². The third-order valence-electron chi connectivity index (χ3n) is 7.13. The predicted octanol–water partition coefficient (Wildman–Crippen LogP) is 5.23. The van der Waals surface area contributed by atoms with Crippen molar-refractivity contribution in [2.24, 2.45) is 0 Å². The van der Waals surface area contributed by atoms with E-state index in [-0.39, 0.29) is 36.5 Å². The third-order valence-corrected chi connectivity index (χ3v) is 7.13. The Kier molecular flexibility index (Phi) is 9.62. The second-order valence-corrected chi connectivity index (χ2v) is 13.0. The van der Waals surface area contributed by atoms with Crippen molar-refractivity contribution >= 4 is 24.0 Å². The first-order chi connectivity index (χ1) is 19.7. The van der Waals surface area contributed by atoms with E-state index < -0.39 is 11.7 Å². The zero-order valence-corrected chi connectivity index (χ0v) is 26.2. The molecule has 0 bridgehead atoms. The summed E-state index contributed by atoms with van der Waals surface area (Å²) >= 11 is 0. The van der Waals surface area contributed by atoms with Crippen LogP contribution in [0.1, 0.15) is 72.6 Å². The second kappa shape index (κ2) is 12.8. The van der Waals surface area contributed by atoms with Crippen LogP contribution in [0.2, 0.25) is 0 Å². The summed E-state index contributed by atoms with van der Waals surface area (Å²) in [5.41, 5.74) is 1.46. The number of carbonyl (C=O) groups excluding carboxylic acids is 2. The summed E-state index contributed by atoms with van der Waals surface area (Å²) in [4.78, 5) is 39.7. The van der Waals surface area contributed by atoms with Gasteiger partial charge in [0.2, 0.25) is 5.95 Å². The zero-order chi connectivity index (χ0) is 30.7. The Labute approximate surface area is 249 Å². The number of nitrogens with one attached hydrogen (secondary N) is 1. The van der Waals surface area contributed by atoms with Crippen molar-refractivity contribution < 1.29 is 23.8 Å². The lowest BCUT2D eigenvalue weighted by Crippen LogP contribution is -2.49. The fraction of sp³-hybridized carbons (Fsp3) is 0.613. The molecular weight excluding hydrogens is 536 g/mol. The normalized spacial score (nSPS) is 19.8. The Morgan fingerprint density at radius 1 is 1.02 bits per heavy atom. The minimum atomic E-state index is -0.484. The van der Waals surface area contributed by atoms with E-state index >= 15 is 0 Å². The van der Waals surface area contributed by atoms with Crippen LogP contribution in [0, 0.1) is 0 Å². The number of hydrogen-bond donors (Lipinski definition) is 1. The average Bonchev–Trinajstić information content (AvgIpc) is 3.29. The topological polar surface area (TPSA) is 109 Å². The van der Waals surface area contributed by atoms with Crippen molar-refractivity contribution in [1.29, 1.82) is 0 Å². The molecule has 11 heteroatoms. The van der Waals surface area contributed by atoms with Gasteiger partial charge in [-0.1, -0.05) is 24.3 Å². The van der Waals surface area contributed by atoms with Crippen LogP contribution in [0.3, 0.4) is 0 Å². The summed E-state index contributed by atoms with van der Waals surface area (Å²) in [7, 11) is 0. The predicted molar refractivity (Wildman–Crippen MR) is 162 cm³/mol. The molecule has 2 saturated heterocycles. The number of benzene rings is 1. The van der Waals surface area contributed by atoms with Crippen molar-refractivity contribution in [2.75, 3.05) is 43.0 Å². The number of carbonyl (C=O) groups is 2. The number of anilines is 2. The first-order valence-corrected chi connectivity index (χ1v) is 14.7. The summed E-state index contributed by atoms with van der Waals surface area (Å²) in [6.07, 6.45) is 0.714. The van der Waals surface area contributed by atoms with Gasteiger partial charge in [0.25, 0.3) is 0 Å². The number of piperazine rings is 1. The third kappa shape index (κ3) is 8.54. The Morgan fingerprint density at radius 3 is 2.31 bits per heavy atom. The summed E-state index contributed by atoms with van der Waals surface area (Å²) in [6, 6.07) is 9.83. The molecule has 0 spiro atoms. The van der Waals surface area contributed by atoms with Crippen LogP contribution < -0.4 is 10.2 Å². The van der Waals surface area contributed by atoms with Crippen molar-refractivity contribution in [1.82, 2.24) is 19.8 Å². The minimum absolute atomic E-state index is 0.0591. The Hall–Kier alpha value is -3.44.